The number of amides is 1. The second-order valence-corrected chi connectivity index (χ2v) is 13.6. The zero-order valence-electron chi connectivity index (χ0n) is 27.1. The molecular weight excluding hydrogens is 675 g/mol. The van der Waals surface area contributed by atoms with Crippen LogP contribution in [-0.4, -0.2) is 75.6 Å². The van der Waals surface area contributed by atoms with Gasteiger partial charge < -0.3 is 14.4 Å². The fraction of sp³-hybridized carbons (Fsp3) is 0.235. The molecule has 16 heteroatoms. The molecular formula is C34H32F3N7O5S. The topological polar surface area (TPSA) is 155 Å². The van der Waals surface area contributed by atoms with Crippen molar-refractivity contribution in [1.82, 2.24) is 24.2 Å². The number of imidazole rings is 1. The van der Waals surface area contributed by atoms with E-state index in [4.69, 9.17) is 5.26 Å². The minimum atomic E-state index is -4.61. The van der Waals surface area contributed by atoms with E-state index in [1.165, 1.54) is 47.3 Å². The maximum atomic E-state index is 13.9. The third-order valence-corrected chi connectivity index (χ3v) is 9.05. The van der Waals surface area contributed by atoms with Gasteiger partial charge in [0.2, 0.25) is 0 Å². The van der Waals surface area contributed by atoms with Crippen molar-refractivity contribution >= 4 is 16.1 Å². The van der Waals surface area contributed by atoms with Crippen LogP contribution in [0.5, 0.6) is 0 Å². The van der Waals surface area contributed by atoms with Gasteiger partial charge in [-0.05, 0) is 67.6 Å². The number of likely N-dealkylation sites (N-methyl/N-ethyl adjacent to an activating group) is 1. The third-order valence-electron chi connectivity index (χ3n) is 8.20. The van der Waals surface area contributed by atoms with Gasteiger partial charge in [-0.2, -0.15) is 23.5 Å². The summed E-state index contributed by atoms with van der Waals surface area (Å²) in [5, 5.41) is 16.5. The van der Waals surface area contributed by atoms with Crippen molar-refractivity contribution in [2.45, 2.75) is 30.5 Å². The number of carbonyl (C=O) groups is 1. The number of hydrogen-bond acceptors (Lipinski definition) is 7. The molecule has 3 heterocycles. The summed E-state index contributed by atoms with van der Waals surface area (Å²) in [6, 6.07) is 21.0. The van der Waals surface area contributed by atoms with Crippen LogP contribution in [0, 0.1) is 18.3 Å². The van der Waals surface area contributed by atoms with Crippen molar-refractivity contribution in [3.05, 3.63) is 118 Å². The molecule has 0 bridgehead atoms. The van der Waals surface area contributed by atoms with Gasteiger partial charge in [-0.25, -0.2) is 27.3 Å². The van der Waals surface area contributed by atoms with Crippen molar-refractivity contribution in [2.75, 3.05) is 27.2 Å². The SMILES string of the molecule is Cc1c(-c2ccnn2-c2ccc(C#N)cc2)n(C(=O)N[C@H]2CC[N+](C)(C)C2)c(=O)n1-c1cccc(C(F)(F)F)c1.O=S(=O)([O-])c1ccccc1. The first kappa shape index (κ1) is 35.8. The molecule has 1 saturated heterocycles. The molecule has 1 aliphatic rings. The summed E-state index contributed by atoms with van der Waals surface area (Å²) in [6.45, 7) is 3.10. The van der Waals surface area contributed by atoms with Crippen molar-refractivity contribution in [1.29, 1.82) is 5.26 Å². The molecule has 260 valence electrons. The second kappa shape index (κ2) is 13.8. The van der Waals surface area contributed by atoms with Crippen LogP contribution in [0.2, 0.25) is 0 Å². The van der Waals surface area contributed by atoms with Gasteiger partial charge in [0.15, 0.2) is 0 Å². The normalized spacial score (nSPS) is 15.5. The highest BCUT2D eigenvalue weighted by molar-refractivity contribution is 7.85. The zero-order valence-corrected chi connectivity index (χ0v) is 27.9. The van der Waals surface area contributed by atoms with Crippen LogP contribution in [-0.2, 0) is 16.3 Å². The van der Waals surface area contributed by atoms with Crippen LogP contribution < -0.4 is 11.0 Å². The molecule has 0 spiro atoms. The number of hydrogen-bond donors (Lipinski definition) is 1. The van der Waals surface area contributed by atoms with Crippen molar-refractivity contribution in [2.24, 2.45) is 0 Å². The number of rotatable bonds is 5. The molecule has 0 aliphatic carbocycles. The molecule has 1 fully saturated rings. The molecule has 50 heavy (non-hydrogen) atoms. The Kier molecular flexibility index (Phi) is 9.87. The Morgan fingerprint density at radius 2 is 1.70 bits per heavy atom. The third kappa shape index (κ3) is 7.70. The van der Waals surface area contributed by atoms with Crippen LogP contribution in [0.4, 0.5) is 18.0 Å². The standard InChI is InChI=1S/C28H26F3N7O2.C6H6O3S/c1-18-25(24-11-13-33-37(24)22-9-7-19(16-32)8-10-22)36(26(39)34-21-12-14-38(2,3)17-21)27(40)35(18)23-6-4-5-20(15-23)28(29,30)31;7-10(8,9)6-4-2-1-3-5-6/h4-11,13,15,21H,12,14,17H2,1-3H3;1-5H,(H,7,8,9)/t21-;/m0./s1. The highest BCUT2D eigenvalue weighted by Crippen LogP contribution is 2.32. The van der Waals surface area contributed by atoms with Crippen LogP contribution in [0.25, 0.3) is 22.8 Å². The predicted molar refractivity (Wildman–Crippen MR) is 176 cm³/mol. The highest BCUT2D eigenvalue weighted by Gasteiger charge is 2.35. The summed E-state index contributed by atoms with van der Waals surface area (Å²) < 4.78 is 75.7. The Morgan fingerprint density at radius 1 is 1.02 bits per heavy atom. The van der Waals surface area contributed by atoms with Crippen molar-refractivity contribution in [3.8, 4) is 28.8 Å². The van der Waals surface area contributed by atoms with E-state index in [1.807, 2.05) is 14.1 Å². The number of nitrogens with one attached hydrogen (secondary N) is 1. The van der Waals surface area contributed by atoms with Gasteiger partial charge in [0.1, 0.15) is 15.8 Å². The average molecular weight is 708 g/mol. The number of aromatic nitrogens is 4. The molecule has 1 atom stereocenters. The number of carbonyl (C=O) groups excluding carboxylic acids is 1. The number of quaternary nitrogens is 1. The van der Waals surface area contributed by atoms with Gasteiger partial charge in [-0.3, -0.25) is 4.57 Å². The Bertz CT molecular complexity index is 2240. The molecule has 0 radical (unpaired) electrons. The molecule has 12 nitrogen and oxygen atoms in total. The van der Waals surface area contributed by atoms with Gasteiger partial charge in [0.05, 0.1) is 84.3 Å². The van der Waals surface area contributed by atoms with E-state index in [0.29, 0.717) is 28.0 Å². The summed E-state index contributed by atoms with van der Waals surface area (Å²) in [5.74, 6) is 0. The lowest BCUT2D eigenvalue weighted by Crippen LogP contribution is -2.46. The maximum Gasteiger partial charge on any atom is 0.416 e. The highest BCUT2D eigenvalue weighted by atomic mass is 32.2. The molecule has 1 amide bonds. The first-order valence-corrected chi connectivity index (χ1v) is 16.6. The number of alkyl halides is 3. The van der Waals surface area contributed by atoms with Gasteiger partial charge in [-0.15, -0.1) is 0 Å². The fourth-order valence-electron chi connectivity index (χ4n) is 5.81. The summed E-state index contributed by atoms with van der Waals surface area (Å²) in [5.41, 5.74) is 0.104. The molecule has 1 N–H and O–H groups in total. The summed E-state index contributed by atoms with van der Waals surface area (Å²) >= 11 is 0. The second-order valence-electron chi connectivity index (χ2n) is 12.3. The Labute approximate surface area is 285 Å². The van der Waals surface area contributed by atoms with E-state index in [-0.39, 0.29) is 28.0 Å². The van der Waals surface area contributed by atoms with E-state index in [2.05, 4.69) is 16.5 Å². The largest absolute Gasteiger partial charge is 0.744 e. The maximum absolute atomic E-state index is 13.9. The van der Waals surface area contributed by atoms with Crippen molar-refractivity contribution in [3.63, 3.8) is 0 Å². The van der Waals surface area contributed by atoms with Crippen molar-refractivity contribution < 1.29 is 35.4 Å². The predicted octanol–water partition coefficient (Wildman–Crippen LogP) is 4.69. The Morgan fingerprint density at radius 3 is 2.26 bits per heavy atom. The summed E-state index contributed by atoms with van der Waals surface area (Å²) in [4.78, 5) is 27.4. The molecule has 0 saturated carbocycles. The molecule has 0 unspecified atom stereocenters. The quantitative estimate of drug-likeness (QED) is 0.205. The first-order chi connectivity index (χ1) is 23.5. The number of nitrogens with zero attached hydrogens (tertiary/aromatic N) is 6. The minimum absolute atomic E-state index is 0.0202. The Hall–Kier alpha value is -5.50. The lowest BCUT2D eigenvalue weighted by Gasteiger charge is -2.23. The summed E-state index contributed by atoms with van der Waals surface area (Å²) in [6.07, 6.45) is -2.39. The minimum Gasteiger partial charge on any atom is -0.744 e. The van der Waals surface area contributed by atoms with E-state index in [0.717, 1.165) is 34.2 Å². The number of nitriles is 1. The van der Waals surface area contributed by atoms with Crippen LogP contribution in [0.1, 0.15) is 23.2 Å². The fourth-order valence-corrected chi connectivity index (χ4v) is 6.31. The smallest absolute Gasteiger partial charge is 0.416 e. The van der Waals surface area contributed by atoms with Gasteiger partial charge in [0.25, 0.3) is 0 Å². The van der Waals surface area contributed by atoms with Gasteiger partial charge in [0, 0.05) is 6.42 Å². The number of halogens is 3. The number of benzene rings is 3. The monoisotopic (exact) mass is 707 g/mol. The van der Waals surface area contributed by atoms with E-state index in [1.54, 1.807) is 43.3 Å². The molecule has 2 aromatic heterocycles. The summed E-state index contributed by atoms with van der Waals surface area (Å²) in [7, 11) is -0.153. The lowest BCUT2D eigenvalue weighted by atomic mass is 10.2. The number of likely N-dealkylation sites (tertiary alicyclic amines) is 1. The molecule has 6 rings (SSSR count). The van der Waals surface area contributed by atoms with Gasteiger partial charge in [-0.1, -0.05) is 24.3 Å². The lowest BCUT2D eigenvalue weighted by molar-refractivity contribution is -0.878. The zero-order chi connectivity index (χ0) is 36.4. The average Bonchev–Trinajstić information content (AvgIpc) is 3.75. The van der Waals surface area contributed by atoms with E-state index >= 15 is 0 Å². The van der Waals surface area contributed by atoms with Crippen LogP contribution in [0.15, 0.2) is 101 Å². The first-order valence-electron chi connectivity index (χ1n) is 15.2. The van der Waals surface area contributed by atoms with Crippen LogP contribution >= 0.6 is 0 Å². The van der Waals surface area contributed by atoms with E-state index < -0.39 is 33.6 Å². The molecule has 3 aromatic carbocycles. The molecule has 5 aromatic rings. The molecule has 1 aliphatic heterocycles. The van der Waals surface area contributed by atoms with E-state index in [9.17, 15) is 35.7 Å². The van der Waals surface area contributed by atoms with Crippen LogP contribution in [0.3, 0.4) is 0 Å². The Balaban J connectivity index is 0.000000418. The van der Waals surface area contributed by atoms with Gasteiger partial charge >= 0.3 is 17.9 Å².